The van der Waals surface area contributed by atoms with Crippen molar-refractivity contribution in [1.82, 2.24) is 35.6 Å². The van der Waals surface area contributed by atoms with Crippen LogP contribution in [0.2, 0.25) is 0 Å². The van der Waals surface area contributed by atoms with E-state index in [0.29, 0.717) is 29.2 Å². The van der Waals surface area contributed by atoms with Gasteiger partial charge in [-0.05, 0) is 66.6 Å². The van der Waals surface area contributed by atoms with Gasteiger partial charge in [0.05, 0.1) is 0 Å². The highest BCUT2D eigenvalue weighted by Crippen LogP contribution is 2.26. The first kappa shape index (κ1) is 18.9. The first-order valence-corrected chi connectivity index (χ1v) is 9.78. The van der Waals surface area contributed by atoms with E-state index in [0.717, 1.165) is 31.5 Å². The molecule has 0 bridgehead atoms. The fraction of sp³-hybridized carbons (Fsp3) is 0.200. The van der Waals surface area contributed by atoms with Crippen LogP contribution in [-0.2, 0) is 0 Å². The molecule has 5 rings (SSSR count). The molecule has 156 valence electrons. The summed E-state index contributed by atoms with van der Waals surface area (Å²) in [5, 5.41) is 17.0. The summed E-state index contributed by atoms with van der Waals surface area (Å²) >= 11 is 0. The Morgan fingerprint density at radius 3 is 2.42 bits per heavy atom. The summed E-state index contributed by atoms with van der Waals surface area (Å²) in [7, 11) is 0. The Morgan fingerprint density at radius 2 is 1.71 bits per heavy atom. The van der Waals surface area contributed by atoms with E-state index in [2.05, 4.69) is 45.8 Å². The van der Waals surface area contributed by atoms with Gasteiger partial charge in [0.2, 0.25) is 17.7 Å². The molecular weight excluding hydrogens is 401 g/mol. The molecule has 31 heavy (non-hydrogen) atoms. The number of benzene rings is 2. The zero-order chi connectivity index (χ0) is 21.0. The summed E-state index contributed by atoms with van der Waals surface area (Å²) in [5.41, 5.74) is 1.46. The summed E-state index contributed by atoms with van der Waals surface area (Å²) in [6, 6.07) is 13.3. The van der Waals surface area contributed by atoms with Crippen LogP contribution in [0.15, 0.2) is 48.5 Å². The SMILES string of the molecule is Fc1ccc(Nc2nc(Oc3ccc(-c4nn[nH]n4)cc3)nc(N3CCCC3)n2)cc1. The van der Waals surface area contributed by atoms with Crippen molar-refractivity contribution in [2.45, 2.75) is 12.8 Å². The lowest BCUT2D eigenvalue weighted by Crippen LogP contribution is -2.21. The van der Waals surface area contributed by atoms with Gasteiger partial charge < -0.3 is 15.0 Å². The van der Waals surface area contributed by atoms with Gasteiger partial charge in [-0.15, -0.1) is 10.2 Å². The van der Waals surface area contributed by atoms with Crippen LogP contribution in [0, 0.1) is 5.82 Å². The van der Waals surface area contributed by atoms with Gasteiger partial charge in [-0.3, -0.25) is 0 Å². The van der Waals surface area contributed by atoms with Crippen molar-refractivity contribution in [3.05, 3.63) is 54.3 Å². The molecule has 0 unspecified atom stereocenters. The average Bonchev–Trinajstić information content (AvgIpc) is 3.50. The summed E-state index contributed by atoms with van der Waals surface area (Å²) < 4.78 is 19.1. The smallest absolute Gasteiger partial charge is 0.328 e. The van der Waals surface area contributed by atoms with E-state index in [4.69, 9.17) is 4.74 Å². The molecular formula is C20H18FN9O. The third-order valence-corrected chi connectivity index (χ3v) is 4.76. The van der Waals surface area contributed by atoms with Crippen LogP contribution in [0.25, 0.3) is 11.4 Å². The molecule has 11 heteroatoms. The van der Waals surface area contributed by atoms with Crippen molar-refractivity contribution in [3.63, 3.8) is 0 Å². The number of hydrogen-bond donors (Lipinski definition) is 2. The highest BCUT2D eigenvalue weighted by atomic mass is 19.1. The van der Waals surface area contributed by atoms with Crippen LogP contribution in [0.5, 0.6) is 11.8 Å². The third kappa shape index (κ3) is 4.39. The quantitative estimate of drug-likeness (QED) is 0.485. The van der Waals surface area contributed by atoms with E-state index < -0.39 is 0 Å². The second kappa shape index (κ2) is 8.30. The van der Waals surface area contributed by atoms with Gasteiger partial charge in [-0.2, -0.15) is 20.2 Å². The lowest BCUT2D eigenvalue weighted by atomic mass is 10.2. The normalized spacial score (nSPS) is 13.4. The minimum absolute atomic E-state index is 0.161. The van der Waals surface area contributed by atoms with Crippen LogP contribution in [0.1, 0.15) is 12.8 Å². The number of aromatic nitrogens is 7. The number of nitrogens with one attached hydrogen (secondary N) is 2. The Balaban J connectivity index is 1.41. The minimum Gasteiger partial charge on any atom is -0.424 e. The zero-order valence-corrected chi connectivity index (χ0v) is 16.4. The van der Waals surface area contributed by atoms with E-state index in [-0.39, 0.29) is 11.8 Å². The van der Waals surface area contributed by atoms with Gasteiger partial charge in [0, 0.05) is 24.3 Å². The molecule has 2 N–H and O–H groups in total. The lowest BCUT2D eigenvalue weighted by Gasteiger charge is -2.17. The van der Waals surface area contributed by atoms with Crippen LogP contribution in [0.4, 0.5) is 22.0 Å². The molecule has 0 radical (unpaired) electrons. The van der Waals surface area contributed by atoms with Gasteiger partial charge in [0.25, 0.3) is 0 Å². The maximum Gasteiger partial charge on any atom is 0.328 e. The van der Waals surface area contributed by atoms with E-state index in [1.54, 1.807) is 24.3 Å². The third-order valence-electron chi connectivity index (χ3n) is 4.76. The fourth-order valence-corrected chi connectivity index (χ4v) is 3.23. The van der Waals surface area contributed by atoms with Crippen LogP contribution >= 0.6 is 0 Å². The number of nitrogens with zero attached hydrogens (tertiary/aromatic N) is 7. The number of rotatable bonds is 6. The predicted octanol–water partition coefficient (Wildman–Crippen LogP) is 3.33. The van der Waals surface area contributed by atoms with E-state index in [1.165, 1.54) is 12.1 Å². The predicted molar refractivity (Wildman–Crippen MR) is 111 cm³/mol. The Labute approximate surface area is 176 Å². The molecule has 3 heterocycles. The molecule has 0 saturated carbocycles. The van der Waals surface area contributed by atoms with E-state index in [9.17, 15) is 4.39 Å². The first-order chi connectivity index (χ1) is 15.2. The fourth-order valence-electron chi connectivity index (χ4n) is 3.23. The topological polar surface area (TPSA) is 118 Å². The van der Waals surface area contributed by atoms with Crippen molar-refractivity contribution in [2.24, 2.45) is 0 Å². The number of tetrazole rings is 1. The van der Waals surface area contributed by atoms with Crippen LogP contribution in [0.3, 0.4) is 0 Å². The van der Waals surface area contributed by atoms with Crippen molar-refractivity contribution < 1.29 is 9.13 Å². The number of hydrogen-bond acceptors (Lipinski definition) is 9. The molecule has 10 nitrogen and oxygen atoms in total. The molecule has 1 saturated heterocycles. The monoisotopic (exact) mass is 419 g/mol. The average molecular weight is 419 g/mol. The highest BCUT2D eigenvalue weighted by molar-refractivity contribution is 5.56. The highest BCUT2D eigenvalue weighted by Gasteiger charge is 2.18. The lowest BCUT2D eigenvalue weighted by molar-refractivity contribution is 0.440. The van der Waals surface area contributed by atoms with Crippen molar-refractivity contribution in [3.8, 4) is 23.1 Å². The number of anilines is 3. The Bertz CT molecular complexity index is 1140. The standard InChI is InChI=1S/C20H18FN9O/c21-14-5-7-15(8-6-14)22-18-23-19(30-11-1-2-12-30)25-20(24-18)31-16-9-3-13(4-10-16)17-26-28-29-27-17/h3-10H,1-2,11-12H2,(H,22,23,24,25)(H,26,27,28,29). The Hall–Kier alpha value is -4.15. The largest absolute Gasteiger partial charge is 0.424 e. The maximum absolute atomic E-state index is 13.2. The molecule has 2 aromatic carbocycles. The van der Waals surface area contributed by atoms with E-state index in [1.807, 2.05) is 12.1 Å². The van der Waals surface area contributed by atoms with Gasteiger partial charge in [-0.25, -0.2) is 4.39 Å². The van der Waals surface area contributed by atoms with Crippen molar-refractivity contribution >= 4 is 17.6 Å². The van der Waals surface area contributed by atoms with Crippen molar-refractivity contribution in [2.75, 3.05) is 23.3 Å². The molecule has 4 aromatic rings. The van der Waals surface area contributed by atoms with Gasteiger partial charge in [0.15, 0.2) is 0 Å². The summed E-state index contributed by atoms with van der Waals surface area (Å²) in [6.45, 7) is 1.75. The molecule has 0 atom stereocenters. The van der Waals surface area contributed by atoms with Crippen LogP contribution in [-0.4, -0.2) is 48.7 Å². The number of ether oxygens (including phenoxy) is 1. The van der Waals surface area contributed by atoms with Gasteiger partial charge in [-0.1, -0.05) is 0 Å². The number of halogens is 1. The molecule has 1 aliphatic heterocycles. The van der Waals surface area contributed by atoms with Crippen molar-refractivity contribution in [1.29, 1.82) is 0 Å². The molecule has 0 spiro atoms. The second-order valence-electron chi connectivity index (χ2n) is 6.93. The molecule has 2 aromatic heterocycles. The minimum atomic E-state index is -0.313. The molecule has 0 aliphatic carbocycles. The van der Waals surface area contributed by atoms with Crippen LogP contribution < -0.4 is 15.0 Å². The summed E-state index contributed by atoms with van der Waals surface area (Å²) in [5.74, 6) is 1.59. The Kier molecular flexibility index (Phi) is 5.05. The molecule has 1 aliphatic rings. The summed E-state index contributed by atoms with van der Waals surface area (Å²) in [4.78, 5) is 15.5. The number of aromatic amines is 1. The zero-order valence-electron chi connectivity index (χ0n) is 16.4. The molecule has 0 amide bonds. The maximum atomic E-state index is 13.2. The van der Waals surface area contributed by atoms with Gasteiger partial charge >= 0.3 is 6.01 Å². The Morgan fingerprint density at radius 1 is 0.935 bits per heavy atom. The number of H-pyrrole nitrogens is 1. The van der Waals surface area contributed by atoms with E-state index >= 15 is 0 Å². The first-order valence-electron chi connectivity index (χ1n) is 9.78. The second-order valence-corrected chi connectivity index (χ2v) is 6.93. The summed E-state index contributed by atoms with van der Waals surface area (Å²) in [6.07, 6.45) is 2.17. The van der Waals surface area contributed by atoms with Gasteiger partial charge in [0.1, 0.15) is 11.6 Å². The molecule has 1 fully saturated rings.